The molecule has 1 heterocycles. The second-order valence-corrected chi connectivity index (χ2v) is 4.48. The molecular formula is C14H17FN2O3. The van der Waals surface area contributed by atoms with Gasteiger partial charge in [0.1, 0.15) is 12.1 Å². The summed E-state index contributed by atoms with van der Waals surface area (Å²) in [5.74, 6) is -0.494. The number of fused-ring (bicyclic) bond motifs is 1. The number of aryl methyl sites for hydroxylation is 1. The van der Waals surface area contributed by atoms with Gasteiger partial charge in [0, 0.05) is 13.7 Å². The fraction of sp³-hybridized carbons (Fsp3) is 0.429. The Balaban J connectivity index is 2.43. The maximum absolute atomic E-state index is 14.0. The Morgan fingerprint density at radius 2 is 2.20 bits per heavy atom. The van der Waals surface area contributed by atoms with Crippen molar-refractivity contribution in [2.75, 3.05) is 13.2 Å². The van der Waals surface area contributed by atoms with E-state index in [0.29, 0.717) is 17.6 Å². The molecule has 1 unspecified atom stereocenters. The normalized spacial score (nSPS) is 12.6. The third-order valence-corrected chi connectivity index (χ3v) is 2.96. The molecule has 0 N–H and O–H groups in total. The van der Waals surface area contributed by atoms with Crippen molar-refractivity contribution < 1.29 is 13.9 Å². The third-order valence-electron chi connectivity index (χ3n) is 2.96. The van der Waals surface area contributed by atoms with Crippen molar-refractivity contribution in [3.8, 4) is 5.75 Å². The topological polar surface area (TPSA) is 53.4 Å². The van der Waals surface area contributed by atoms with Gasteiger partial charge in [-0.3, -0.25) is 4.79 Å². The maximum Gasteiger partial charge on any atom is 0.269 e. The molecule has 20 heavy (non-hydrogen) atoms. The number of halogens is 1. The van der Waals surface area contributed by atoms with E-state index in [1.165, 1.54) is 22.9 Å². The molecule has 1 atom stereocenters. The quantitative estimate of drug-likeness (QED) is 0.839. The molecule has 0 aliphatic carbocycles. The number of nitrogens with zero attached hydrogens (tertiary/aromatic N) is 2. The van der Waals surface area contributed by atoms with Crippen molar-refractivity contribution in [1.82, 2.24) is 9.55 Å². The highest BCUT2D eigenvalue weighted by molar-refractivity contribution is 5.81. The van der Waals surface area contributed by atoms with Gasteiger partial charge in [-0.25, -0.2) is 9.37 Å². The standard InChI is InChI=1S/C14H17FN2O3/c1-4-19-9(2)8-20-14-10(15)5-6-11-13(14)17(3)12(18)7-16-11/h5-7,9H,4,8H2,1-3H3. The van der Waals surface area contributed by atoms with Crippen molar-refractivity contribution in [1.29, 1.82) is 0 Å². The second-order valence-electron chi connectivity index (χ2n) is 4.48. The van der Waals surface area contributed by atoms with E-state index in [1.807, 2.05) is 13.8 Å². The molecule has 0 saturated carbocycles. The molecule has 1 aromatic carbocycles. The van der Waals surface area contributed by atoms with Crippen LogP contribution < -0.4 is 10.3 Å². The van der Waals surface area contributed by atoms with Gasteiger partial charge in [0.05, 0.1) is 17.8 Å². The number of hydrogen-bond acceptors (Lipinski definition) is 4. The predicted octanol–water partition coefficient (Wildman–Crippen LogP) is 1.88. The van der Waals surface area contributed by atoms with Crippen molar-refractivity contribution in [3.63, 3.8) is 0 Å². The van der Waals surface area contributed by atoms with Crippen LogP contribution in [0.1, 0.15) is 13.8 Å². The Morgan fingerprint density at radius 1 is 1.45 bits per heavy atom. The number of ether oxygens (including phenoxy) is 2. The molecule has 0 radical (unpaired) electrons. The fourth-order valence-corrected chi connectivity index (χ4v) is 1.96. The molecule has 0 aliphatic rings. The summed E-state index contributed by atoms with van der Waals surface area (Å²) in [7, 11) is 1.56. The first-order valence-electron chi connectivity index (χ1n) is 6.43. The molecule has 0 bridgehead atoms. The smallest absolute Gasteiger partial charge is 0.269 e. The summed E-state index contributed by atoms with van der Waals surface area (Å²) < 4.78 is 26.1. The summed E-state index contributed by atoms with van der Waals surface area (Å²) in [5, 5.41) is 0. The monoisotopic (exact) mass is 280 g/mol. The lowest BCUT2D eigenvalue weighted by Crippen LogP contribution is -2.21. The zero-order chi connectivity index (χ0) is 14.7. The average molecular weight is 280 g/mol. The highest BCUT2D eigenvalue weighted by atomic mass is 19.1. The summed E-state index contributed by atoms with van der Waals surface area (Å²) in [5.41, 5.74) is 0.541. The van der Waals surface area contributed by atoms with E-state index in [0.717, 1.165) is 0 Å². The van der Waals surface area contributed by atoms with E-state index in [9.17, 15) is 9.18 Å². The van der Waals surface area contributed by atoms with Gasteiger partial charge in [0.2, 0.25) is 0 Å². The maximum atomic E-state index is 14.0. The molecule has 0 spiro atoms. The number of benzene rings is 1. The summed E-state index contributed by atoms with van der Waals surface area (Å²) >= 11 is 0. The van der Waals surface area contributed by atoms with Crippen LogP contribution in [0.4, 0.5) is 4.39 Å². The summed E-state index contributed by atoms with van der Waals surface area (Å²) in [6.45, 7) is 4.47. The minimum Gasteiger partial charge on any atom is -0.486 e. The Bertz CT molecular complexity index is 669. The molecule has 2 rings (SSSR count). The largest absolute Gasteiger partial charge is 0.486 e. The Kier molecular flexibility index (Phi) is 4.34. The summed E-state index contributed by atoms with van der Waals surface area (Å²) in [6.07, 6.45) is 1.04. The SMILES string of the molecule is CCOC(C)COc1c(F)ccc2ncc(=O)n(C)c12. The molecule has 108 valence electrons. The first kappa shape index (κ1) is 14.5. The second kappa shape index (κ2) is 6.00. The lowest BCUT2D eigenvalue weighted by molar-refractivity contribution is 0.0395. The van der Waals surface area contributed by atoms with Crippen molar-refractivity contribution >= 4 is 11.0 Å². The first-order valence-corrected chi connectivity index (χ1v) is 6.43. The third kappa shape index (κ3) is 2.80. The van der Waals surface area contributed by atoms with Crippen LogP contribution in [-0.4, -0.2) is 28.9 Å². The highest BCUT2D eigenvalue weighted by Crippen LogP contribution is 2.26. The Hall–Kier alpha value is -1.95. The number of aromatic nitrogens is 2. The van der Waals surface area contributed by atoms with Gasteiger partial charge in [-0.05, 0) is 26.0 Å². The number of hydrogen-bond donors (Lipinski definition) is 0. The van der Waals surface area contributed by atoms with Crippen molar-refractivity contribution in [2.45, 2.75) is 20.0 Å². The van der Waals surface area contributed by atoms with E-state index in [1.54, 1.807) is 7.05 Å². The minimum absolute atomic E-state index is 0.0294. The van der Waals surface area contributed by atoms with Gasteiger partial charge in [-0.2, -0.15) is 0 Å². The van der Waals surface area contributed by atoms with Crippen molar-refractivity contribution in [3.05, 3.63) is 34.5 Å². The van der Waals surface area contributed by atoms with Crippen LogP contribution in [0.5, 0.6) is 5.75 Å². The molecule has 6 heteroatoms. The van der Waals surface area contributed by atoms with E-state index in [4.69, 9.17) is 9.47 Å². The van der Waals surface area contributed by atoms with E-state index < -0.39 is 5.82 Å². The Morgan fingerprint density at radius 3 is 2.90 bits per heavy atom. The van der Waals surface area contributed by atoms with Gasteiger partial charge in [-0.15, -0.1) is 0 Å². The molecule has 0 fully saturated rings. The van der Waals surface area contributed by atoms with Gasteiger partial charge in [-0.1, -0.05) is 0 Å². The van der Waals surface area contributed by atoms with Gasteiger partial charge in [0.25, 0.3) is 5.56 Å². The van der Waals surface area contributed by atoms with Crippen LogP contribution in [0, 0.1) is 5.82 Å². The molecule has 0 amide bonds. The molecule has 1 aromatic heterocycles. The van der Waals surface area contributed by atoms with Crippen LogP contribution in [0.15, 0.2) is 23.1 Å². The van der Waals surface area contributed by atoms with Crippen LogP contribution in [0.25, 0.3) is 11.0 Å². The van der Waals surface area contributed by atoms with E-state index in [-0.39, 0.29) is 24.0 Å². The molecule has 5 nitrogen and oxygen atoms in total. The zero-order valence-corrected chi connectivity index (χ0v) is 11.7. The average Bonchev–Trinajstić information content (AvgIpc) is 2.42. The lowest BCUT2D eigenvalue weighted by Gasteiger charge is -2.15. The van der Waals surface area contributed by atoms with Crippen LogP contribution in [-0.2, 0) is 11.8 Å². The zero-order valence-electron chi connectivity index (χ0n) is 11.7. The summed E-state index contributed by atoms with van der Waals surface area (Å²) in [4.78, 5) is 15.6. The molecular weight excluding hydrogens is 263 g/mol. The van der Waals surface area contributed by atoms with Gasteiger partial charge < -0.3 is 14.0 Å². The van der Waals surface area contributed by atoms with Gasteiger partial charge in [0.15, 0.2) is 11.6 Å². The van der Waals surface area contributed by atoms with Crippen LogP contribution in [0.2, 0.25) is 0 Å². The summed E-state index contributed by atoms with van der Waals surface area (Å²) in [6, 6.07) is 2.80. The molecule has 2 aromatic rings. The highest BCUT2D eigenvalue weighted by Gasteiger charge is 2.14. The predicted molar refractivity (Wildman–Crippen MR) is 73.5 cm³/mol. The first-order chi connectivity index (χ1) is 9.54. The molecule has 0 saturated heterocycles. The van der Waals surface area contributed by atoms with Gasteiger partial charge >= 0.3 is 0 Å². The minimum atomic E-state index is -0.524. The molecule has 0 aliphatic heterocycles. The Labute approximate surface area is 116 Å². The van der Waals surface area contributed by atoms with Crippen LogP contribution in [0.3, 0.4) is 0 Å². The lowest BCUT2D eigenvalue weighted by atomic mass is 10.2. The number of rotatable bonds is 5. The van der Waals surface area contributed by atoms with E-state index >= 15 is 0 Å². The fourth-order valence-electron chi connectivity index (χ4n) is 1.96. The van der Waals surface area contributed by atoms with Crippen LogP contribution >= 0.6 is 0 Å². The van der Waals surface area contributed by atoms with Crippen molar-refractivity contribution in [2.24, 2.45) is 7.05 Å². The van der Waals surface area contributed by atoms with E-state index in [2.05, 4.69) is 4.98 Å².